The second-order valence-corrected chi connectivity index (χ2v) is 11.5. The molecule has 0 unspecified atom stereocenters. The summed E-state index contributed by atoms with van der Waals surface area (Å²) in [5.41, 5.74) is 4.29. The predicted octanol–water partition coefficient (Wildman–Crippen LogP) is 6.53. The maximum atomic E-state index is 4.85. The molecule has 4 heterocycles. The minimum atomic E-state index is 0.922. The summed E-state index contributed by atoms with van der Waals surface area (Å²) in [6, 6.07) is 8.70. The summed E-state index contributed by atoms with van der Waals surface area (Å²) < 4.78 is 4.93. The van der Waals surface area contributed by atoms with Gasteiger partial charge in [0, 0.05) is 12.8 Å². The van der Waals surface area contributed by atoms with Gasteiger partial charge in [0.05, 0.1) is 60.9 Å². The smallest absolute Gasteiger partial charge is 0.0942 e. The van der Waals surface area contributed by atoms with E-state index in [9.17, 15) is 0 Å². The van der Waals surface area contributed by atoms with Gasteiger partial charge in [-0.05, 0) is 38.1 Å². The van der Waals surface area contributed by atoms with E-state index in [1.165, 1.54) is 28.8 Å². The number of hydrogen-bond donors (Lipinski definition) is 0. The van der Waals surface area contributed by atoms with E-state index in [4.69, 9.17) is 9.97 Å². The molecule has 8 heteroatoms. The van der Waals surface area contributed by atoms with E-state index in [2.05, 4.69) is 48.1 Å². The highest BCUT2D eigenvalue weighted by Gasteiger charge is 2.11. The summed E-state index contributed by atoms with van der Waals surface area (Å²) in [5, 5.41) is 4.55. The Hall–Kier alpha value is -2.00. The van der Waals surface area contributed by atoms with Crippen LogP contribution >= 0.6 is 45.3 Å². The number of fused-ring (bicyclic) bond motifs is 4. The topological polar surface area (TPSA) is 51.6 Å². The van der Waals surface area contributed by atoms with Crippen LogP contribution in [0, 0.1) is 13.8 Å². The van der Waals surface area contributed by atoms with E-state index in [0.717, 1.165) is 44.9 Å². The summed E-state index contributed by atoms with van der Waals surface area (Å²) in [6.07, 6.45) is 1.84. The molecule has 0 aliphatic rings. The number of benzene rings is 2. The molecule has 4 nitrogen and oxygen atoms in total. The third kappa shape index (κ3) is 2.83. The largest absolute Gasteiger partial charge is 0.241 e. The number of rotatable bonds is 3. The molecule has 138 valence electrons. The lowest BCUT2D eigenvalue weighted by Crippen LogP contribution is -1.89. The van der Waals surface area contributed by atoms with Crippen molar-refractivity contribution < 1.29 is 0 Å². The molecule has 0 bridgehead atoms. The minimum Gasteiger partial charge on any atom is -0.241 e. The van der Waals surface area contributed by atoms with Gasteiger partial charge in [0.15, 0.2) is 0 Å². The van der Waals surface area contributed by atoms with E-state index in [-0.39, 0.29) is 0 Å². The van der Waals surface area contributed by atoms with Gasteiger partial charge < -0.3 is 0 Å². The van der Waals surface area contributed by atoms with Crippen LogP contribution in [0.3, 0.4) is 0 Å². The normalized spacial score (nSPS) is 12.2. The molecule has 6 aromatic rings. The van der Waals surface area contributed by atoms with Crippen LogP contribution in [0.1, 0.15) is 20.0 Å². The Balaban J connectivity index is 1.29. The fraction of sp³-hybridized carbons (Fsp3) is 0.200. The predicted molar refractivity (Wildman–Crippen MR) is 122 cm³/mol. The van der Waals surface area contributed by atoms with Gasteiger partial charge in [-0.3, -0.25) is 0 Å². The van der Waals surface area contributed by atoms with Crippen LogP contribution < -0.4 is 0 Å². The Labute approximate surface area is 176 Å². The highest BCUT2D eigenvalue weighted by atomic mass is 32.1. The molecule has 4 aromatic heterocycles. The van der Waals surface area contributed by atoms with Crippen molar-refractivity contribution in [1.82, 2.24) is 19.9 Å². The number of hydrogen-bond acceptors (Lipinski definition) is 8. The molecular formula is C20H14N4S4. The molecule has 0 aliphatic carbocycles. The number of aromatic nitrogens is 4. The fourth-order valence-corrected chi connectivity index (χ4v) is 7.19. The van der Waals surface area contributed by atoms with Crippen LogP contribution in [0.2, 0.25) is 0 Å². The quantitative estimate of drug-likeness (QED) is 0.315. The van der Waals surface area contributed by atoms with Gasteiger partial charge in [0.2, 0.25) is 0 Å². The third-order valence-electron chi connectivity index (χ3n) is 4.65. The first kappa shape index (κ1) is 16.9. The van der Waals surface area contributed by atoms with Crippen molar-refractivity contribution >= 4 is 86.2 Å². The van der Waals surface area contributed by atoms with Crippen molar-refractivity contribution in [1.29, 1.82) is 0 Å². The lowest BCUT2D eigenvalue weighted by Gasteiger charge is -1.91. The van der Waals surface area contributed by atoms with Gasteiger partial charge in [-0.15, -0.1) is 45.3 Å². The zero-order valence-electron chi connectivity index (χ0n) is 15.1. The summed E-state index contributed by atoms with van der Waals surface area (Å²) in [4.78, 5) is 18.9. The van der Waals surface area contributed by atoms with Gasteiger partial charge in [0.25, 0.3) is 0 Å². The molecule has 6 rings (SSSR count). The third-order valence-corrected chi connectivity index (χ3v) is 8.67. The lowest BCUT2D eigenvalue weighted by molar-refractivity contribution is 0.939. The fourth-order valence-electron chi connectivity index (χ4n) is 3.45. The van der Waals surface area contributed by atoms with Crippen LogP contribution in [0.25, 0.3) is 40.9 Å². The number of aryl methyl sites for hydroxylation is 4. The van der Waals surface area contributed by atoms with Crippen molar-refractivity contribution in [3.63, 3.8) is 0 Å². The van der Waals surface area contributed by atoms with E-state index in [1.54, 1.807) is 45.3 Å². The van der Waals surface area contributed by atoms with Crippen molar-refractivity contribution in [2.45, 2.75) is 26.7 Å². The van der Waals surface area contributed by atoms with Gasteiger partial charge in [0.1, 0.15) is 0 Å². The Morgan fingerprint density at radius 2 is 0.964 bits per heavy atom. The second kappa shape index (κ2) is 6.25. The van der Waals surface area contributed by atoms with Crippen LogP contribution in [-0.4, -0.2) is 19.9 Å². The van der Waals surface area contributed by atoms with Crippen molar-refractivity contribution in [3.8, 4) is 0 Å². The average molecular weight is 439 g/mol. The summed E-state index contributed by atoms with van der Waals surface area (Å²) in [5.74, 6) is 0. The van der Waals surface area contributed by atoms with Crippen molar-refractivity contribution in [2.75, 3.05) is 0 Å². The van der Waals surface area contributed by atoms with E-state index < -0.39 is 0 Å². The molecular weight excluding hydrogens is 425 g/mol. The molecule has 0 amide bonds. The lowest BCUT2D eigenvalue weighted by atomic mass is 10.3. The number of nitrogens with zero attached hydrogens (tertiary/aromatic N) is 4. The molecule has 0 radical (unpaired) electrons. The Morgan fingerprint density at radius 3 is 1.61 bits per heavy atom. The molecule has 2 aromatic carbocycles. The second-order valence-electron chi connectivity index (χ2n) is 6.76. The SMILES string of the molecule is Cc1nc2cc3sc(CCc4nc5cc6nc(C)sc6cc5s4)nc3cc2s1. The van der Waals surface area contributed by atoms with E-state index >= 15 is 0 Å². The van der Waals surface area contributed by atoms with E-state index in [1.807, 2.05) is 0 Å². The summed E-state index contributed by atoms with van der Waals surface area (Å²) >= 11 is 7.04. The highest BCUT2D eigenvalue weighted by molar-refractivity contribution is 7.21. The van der Waals surface area contributed by atoms with Gasteiger partial charge in [-0.1, -0.05) is 0 Å². The van der Waals surface area contributed by atoms with Gasteiger partial charge in [-0.25, -0.2) is 19.9 Å². The molecule has 0 N–H and O–H groups in total. The monoisotopic (exact) mass is 438 g/mol. The standard InChI is InChI=1S/C20H14N4S4/c1-9-21-11-5-12-18(8-17(11)26-9)28-19(23-12)3-4-20-24-14-7-15-13(6-16(14)27-20)22-10(2)25-15/h5-8H,3-4H2,1-2H3. The first-order valence-electron chi connectivity index (χ1n) is 8.94. The maximum Gasteiger partial charge on any atom is 0.0942 e. The van der Waals surface area contributed by atoms with E-state index in [0.29, 0.717) is 0 Å². The summed E-state index contributed by atoms with van der Waals surface area (Å²) in [6.45, 7) is 4.10. The minimum absolute atomic E-state index is 0.922. The van der Waals surface area contributed by atoms with Crippen LogP contribution in [0.5, 0.6) is 0 Å². The molecule has 0 saturated carbocycles. The maximum absolute atomic E-state index is 4.85. The molecule has 0 atom stereocenters. The van der Waals surface area contributed by atoms with Gasteiger partial charge in [-0.2, -0.15) is 0 Å². The summed E-state index contributed by atoms with van der Waals surface area (Å²) in [7, 11) is 0. The van der Waals surface area contributed by atoms with Crippen LogP contribution in [-0.2, 0) is 12.8 Å². The van der Waals surface area contributed by atoms with Crippen molar-refractivity contribution in [2.24, 2.45) is 0 Å². The zero-order valence-corrected chi connectivity index (χ0v) is 18.4. The number of thiazole rings is 4. The Morgan fingerprint density at radius 1 is 0.536 bits per heavy atom. The molecule has 0 fully saturated rings. The average Bonchev–Trinajstić information content (AvgIpc) is 3.38. The first-order valence-corrected chi connectivity index (χ1v) is 12.2. The Bertz CT molecular complexity index is 1280. The molecule has 0 saturated heterocycles. The zero-order chi connectivity index (χ0) is 18.8. The highest BCUT2D eigenvalue weighted by Crippen LogP contribution is 2.33. The molecule has 0 spiro atoms. The molecule has 0 aliphatic heterocycles. The Kier molecular flexibility index (Phi) is 3.77. The van der Waals surface area contributed by atoms with Crippen LogP contribution in [0.15, 0.2) is 24.3 Å². The molecule has 28 heavy (non-hydrogen) atoms. The van der Waals surface area contributed by atoms with Gasteiger partial charge >= 0.3 is 0 Å². The first-order chi connectivity index (χ1) is 13.6. The van der Waals surface area contributed by atoms with Crippen molar-refractivity contribution in [3.05, 3.63) is 44.3 Å². The van der Waals surface area contributed by atoms with Crippen LogP contribution in [0.4, 0.5) is 0 Å².